The number of aromatic amines is 2. The number of imidazole rings is 1. The predicted molar refractivity (Wildman–Crippen MR) is 150 cm³/mol. The van der Waals surface area contributed by atoms with Gasteiger partial charge in [0, 0.05) is 28.9 Å². The quantitative estimate of drug-likeness (QED) is 0.279. The fourth-order valence-electron chi connectivity index (χ4n) is 4.66. The molecule has 194 valence electrons. The number of hydrogen-bond acceptors (Lipinski definition) is 6. The maximum atomic E-state index is 14.1. The summed E-state index contributed by atoms with van der Waals surface area (Å²) in [7, 11) is 3.68. The number of H-pyrrole nitrogens is 2. The van der Waals surface area contributed by atoms with Gasteiger partial charge in [-0.2, -0.15) is 5.10 Å². The molecule has 9 nitrogen and oxygen atoms in total. The number of pyridine rings is 2. The van der Waals surface area contributed by atoms with Gasteiger partial charge in [-0.25, -0.2) is 9.37 Å². The minimum Gasteiger partial charge on any atom is -0.336 e. The number of carbonyl (C=O) groups is 1. The fraction of sp³-hybridized carbons (Fsp3) is 0.138. The van der Waals surface area contributed by atoms with Crippen LogP contribution in [0.5, 0.6) is 0 Å². The molecule has 4 heterocycles. The van der Waals surface area contributed by atoms with Gasteiger partial charge in [-0.3, -0.25) is 19.9 Å². The first-order chi connectivity index (χ1) is 18.8. The van der Waals surface area contributed by atoms with Gasteiger partial charge in [0.25, 0.3) is 0 Å². The number of rotatable bonds is 6. The summed E-state index contributed by atoms with van der Waals surface area (Å²) in [6.45, 7) is 2.13. The van der Waals surface area contributed by atoms with Crippen LogP contribution < -0.4 is 5.32 Å². The molecule has 0 saturated carbocycles. The lowest BCUT2D eigenvalue weighted by molar-refractivity contribution is -0.116. The number of nitrogens with one attached hydrogen (secondary N) is 3. The Morgan fingerprint density at radius 1 is 0.974 bits per heavy atom. The van der Waals surface area contributed by atoms with Crippen LogP contribution in [0.4, 0.5) is 10.1 Å². The molecule has 6 rings (SSSR count). The van der Waals surface area contributed by atoms with Gasteiger partial charge in [-0.1, -0.05) is 6.07 Å². The van der Waals surface area contributed by atoms with Crippen molar-refractivity contribution in [2.24, 2.45) is 0 Å². The van der Waals surface area contributed by atoms with Crippen LogP contribution in [-0.4, -0.2) is 61.6 Å². The predicted octanol–water partition coefficient (Wildman–Crippen LogP) is 5.18. The third kappa shape index (κ3) is 4.85. The Bertz CT molecular complexity index is 1840. The van der Waals surface area contributed by atoms with Crippen molar-refractivity contribution in [2.75, 3.05) is 26.0 Å². The maximum absolute atomic E-state index is 14.1. The van der Waals surface area contributed by atoms with Crippen LogP contribution in [0.1, 0.15) is 5.56 Å². The molecule has 10 heteroatoms. The van der Waals surface area contributed by atoms with Crippen LogP contribution in [-0.2, 0) is 4.79 Å². The van der Waals surface area contributed by atoms with Gasteiger partial charge in [0.1, 0.15) is 17.0 Å². The molecule has 4 aromatic heterocycles. The third-order valence-electron chi connectivity index (χ3n) is 6.32. The molecule has 0 fully saturated rings. The van der Waals surface area contributed by atoms with Crippen molar-refractivity contribution in [1.82, 2.24) is 35.0 Å². The Morgan fingerprint density at radius 3 is 2.67 bits per heavy atom. The molecule has 0 unspecified atom stereocenters. The molecule has 0 aliphatic carbocycles. The summed E-state index contributed by atoms with van der Waals surface area (Å²) < 4.78 is 14.1. The summed E-state index contributed by atoms with van der Waals surface area (Å²) in [5.41, 5.74) is 7.35. The molecule has 6 aromatic rings. The van der Waals surface area contributed by atoms with E-state index < -0.39 is 0 Å². The lowest BCUT2D eigenvalue weighted by atomic mass is 10.0. The highest BCUT2D eigenvalue weighted by Gasteiger charge is 2.17. The number of anilines is 1. The normalized spacial score (nSPS) is 11.5. The Labute approximate surface area is 223 Å². The summed E-state index contributed by atoms with van der Waals surface area (Å²) in [6, 6.07) is 14.5. The molecule has 0 bridgehead atoms. The first kappa shape index (κ1) is 24.4. The summed E-state index contributed by atoms with van der Waals surface area (Å²) in [6.07, 6.45) is 5.06. The molecule has 0 atom stereocenters. The van der Waals surface area contributed by atoms with E-state index in [1.807, 2.05) is 57.4 Å². The molecule has 1 amide bonds. The monoisotopic (exact) mass is 520 g/mol. The minimum absolute atomic E-state index is 0.112. The molecule has 0 aliphatic rings. The van der Waals surface area contributed by atoms with E-state index in [1.54, 1.807) is 23.5 Å². The van der Waals surface area contributed by atoms with Crippen LogP contribution in [0.25, 0.3) is 55.8 Å². The Kier molecular flexibility index (Phi) is 6.08. The summed E-state index contributed by atoms with van der Waals surface area (Å²) >= 11 is 0. The molecule has 2 aromatic carbocycles. The van der Waals surface area contributed by atoms with Gasteiger partial charge in [-0.05, 0) is 74.6 Å². The van der Waals surface area contributed by atoms with Crippen molar-refractivity contribution in [3.8, 4) is 33.9 Å². The first-order valence-electron chi connectivity index (χ1n) is 12.3. The zero-order valence-corrected chi connectivity index (χ0v) is 21.6. The second-order valence-electron chi connectivity index (χ2n) is 9.74. The van der Waals surface area contributed by atoms with Gasteiger partial charge in [0.05, 0.1) is 35.2 Å². The average Bonchev–Trinajstić information content (AvgIpc) is 3.51. The van der Waals surface area contributed by atoms with E-state index in [-0.39, 0.29) is 18.3 Å². The molecule has 0 spiro atoms. The number of benzene rings is 2. The van der Waals surface area contributed by atoms with Crippen molar-refractivity contribution < 1.29 is 9.18 Å². The maximum Gasteiger partial charge on any atom is 0.238 e. The third-order valence-corrected chi connectivity index (χ3v) is 6.32. The number of fused-ring (bicyclic) bond motifs is 2. The molecular weight excluding hydrogens is 495 g/mol. The summed E-state index contributed by atoms with van der Waals surface area (Å²) in [5.74, 6) is 0.137. The first-order valence-corrected chi connectivity index (χ1v) is 12.3. The van der Waals surface area contributed by atoms with E-state index in [0.29, 0.717) is 34.0 Å². The fourth-order valence-corrected chi connectivity index (χ4v) is 4.66. The van der Waals surface area contributed by atoms with E-state index in [0.717, 1.165) is 33.1 Å². The largest absolute Gasteiger partial charge is 0.336 e. The average molecular weight is 521 g/mol. The van der Waals surface area contributed by atoms with Crippen LogP contribution >= 0.6 is 0 Å². The lowest BCUT2D eigenvalue weighted by Crippen LogP contribution is -2.27. The van der Waals surface area contributed by atoms with Gasteiger partial charge < -0.3 is 15.2 Å². The van der Waals surface area contributed by atoms with Crippen LogP contribution in [0.15, 0.2) is 67.1 Å². The number of aromatic nitrogens is 6. The number of nitrogens with zero attached hydrogens (tertiary/aromatic N) is 5. The van der Waals surface area contributed by atoms with E-state index in [1.165, 1.54) is 12.1 Å². The van der Waals surface area contributed by atoms with Crippen LogP contribution in [0.3, 0.4) is 0 Å². The zero-order valence-electron chi connectivity index (χ0n) is 21.6. The van der Waals surface area contributed by atoms with Gasteiger partial charge >= 0.3 is 0 Å². The molecule has 3 N–H and O–H groups in total. The van der Waals surface area contributed by atoms with Crippen LogP contribution in [0, 0.1) is 12.7 Å². The van der Waals surface area contributed by atoms with Crippen molar-refractivity contribution in [1.29, 1.82) is 0 Å². The summed E-state index contributed by atoms with van der Waals surface area (Å²) in [4.78, 5) is 31.0. The van der Waals surface area contributed by atoms with E-state index in [9.17, 15) is 9.18 Å². The number of hydrogen-bond donors (Lipinski definition) is 3. The van der Waals surface area contributed by atoms with Gasteiger partial charge in [0.2, 0.25) is 5.91 Å². The van der Waals surface area contributed by atoms with E-state index >= 15 is 0 Å². The highest BCUT2D eigenvalue weighted by atomic mass is 19.1. The van der Waals surface area contributed by atoms with Crippen molar-refractivity contribution in [2.45, 2.75) is 6.92 Å². The molecule has 39 heavy (non-hydrogen) atoms. The van der Waals surface area contributed by atoms with E-state index in [4.69, 9.17) is 4.98 Å². The summed E-state index contributed by atoms with van der Waals surface area (Å²) in [5, 5.41) is 11.4. The number of halogens is 1. The number of aryl methyl sites for hydroxylation is 1. The van der Waals surface area contributed by atoms with Crippen molar-refractivity contribution >= 4 is 33.5 Å². The lowest BCUT2D eigenvalue weighted by Gasteiger charge is -2.11. The second-order valence-corrected chi connectivity index (χ2v) is 9.74. The van der Waals surface area contributed by atoms with Crippen LogP contribution in [0.2, 0.25) is 0 Å². The smallest absolute Gasteiger partial charge is 0.238 e. The number of carbonyl (C=O) groups excluding carboxylic acids is 1. The zero-order chi connectivity index (χ0) is 27.1. The minimum atomic E-state index is -0.318. The highest BCUT2D eigenvalue weighted by Crippen LogP contribution is 2.33. The standard InChI is InChI=1S/C29H25FN8O/c1-16-8-18(10-20(30)9-16)26-28-24(6-7-32-26)34-29(35-28)27-22-12-17(4-5-23(22)36-37-27)19-11-21(14-31-13-19)33-25(39)15-38(2)3/h4-14H,15H2,1-3H3,(H,33,39)(H,34,35)(H,36,37). The molecular formula is C29H25FN8O. The van der Waals surface area contributed by atoms with Crippen molar-refractivity contribution in [3.63, 3.8) is 0 Å². The van der Waals surface area contributed by atoms with Gasteiger partial charge in [-0.15, -0.1) is 0 Å². The second kappa shape index (κ2) is 9.73. The number of amides is 1. The number of likely N-dealkylation sites (N-methyl/N-ethyl adjacent to an activating group) is 1. The SMILES string of the molecule is Cc1cc(F)cc(-c2nccc3[nH]c(-c4n[nH]c5ccc(-c6cncc(NC(=O)CN(C)C)c6)cc45)nc23)c1. The molecule has 0 saturated heterocycles. The molecule has 0 aliphatic heterocycles. The Morgan fingerprint density at radius 2 is 1.85 bits per heavy atom. The van der Waals surface area contributed by atoms with E-state index in [2.05, 4.69) is 30.5 Å². The van der Waals surface area contributed by atoms with Crippen molar-refractivity contribution in [3.05, 3.63) is 78.5 Å². The Hall–Kier alpha value is -4.96. The molecule has 0 radical (unpaired) electrons. The topological polar surface area (TPSA) is 115 Å². The Balaban J connectivity index is 1.39. The highest BCUT2D eigenvalue weighted by molar-refractivity contribution is 5.98. The van der Waals surface area contributed by atoms with Gasteiger partial charge in [0.15, 0.2) is 5.82 Å².